The number of benzene rings is 3. The summed E-state index contributed by atoms with van der Waals surface area (Å²) in [4.78, 5) is 14.6. The number of ether oxygens (including phenoxy) is 1. The maximum atomic E-state index is 12.4. The van der Waals surface area contributed by atoms with Crippen LogP contribution >= 0.6 is 11.6 Å². The molecular formula is C25H20ClNO3. The van der Waals surface area contributed by atoms with Crippen molar-refractivity contribution in [3.63, 3.8) is 0 Å². The second-order valence-corrected chi connectivity index (χ2v) is 8.06. The Kier molecular flexibility index (Phi) is 4.52. The van der Waals surface area contributed by atoms with E-state index >= 15 is 0 Å². The van der Waals surface area contributed by atoms with E-state index in [1.54, 1.807) is 0 Å². The van der Waals surface area contributed by atoms with E-state index in [1.807, 2.05) is 36.4 Å². The van der Waals surface area contributed by atoms with Crippen molar-refractivity contribution >= 4 is 28.3 Å². The van der Waals surface area contributed by atoms with E-state index in [9.17, 15) is 4.79 Å². The maximum Gasteiger partial charge on any atom is 0.336 e. The van der Waals surface area contributed by atoms with Gasteiger partial charge in [-0.25, -0.2) is 4.79 Å². The van der Waals surface area contributed by atoms with E-state index in [4.69, 9.17) is 20.8 Å². The zero-order valence-corrected chi connectivity index (χ0v) is 17.5. The third-order valence-electron chi connectivity index (χ3n) is 5.53. The topological polar surface area (TPSA) is 42.7 Å². The molecule has 1 aliphatic heterocycles. The first-order valence-corrected chi connectivity index (χ1v) is 10.2. The molecule has 1 aliphatic rings. The van der Waals surface area contributed by atoms with Crippen LogP contribution in [-0.2, 0) is 6.54 Å². The molecule has 4 aromatic rings. The fraction of sp³-hybridized carbons (Fsp3) is 0.160. The smallest absolute Gasteiger partial charge is 0.336 e. The van der Waals surface area contributed by atoms with Crippen LogP contribution in [0.5, 0.6) is 5.75 Å². The highest BCUT2D eigenvalue weighted by Crippen LogP contribution is 2.42. The van der Waals surface area contributed by atoms with Gasteiger partial charge in [-0.15, -0.1) is 0 Å². The van der Waals surface area contributed by atoms with Crippen molar-refractivity contribution < 1.29 is 9.15 Å². The van der Waals surface area contributed by atoms with Gasteiger partial charge in [-0.1, -0.05) is 59.6 Å². The van der Waals surface area contributed by atoms with Gasteiger partial charge in [0.25, 0.3) is 0 Å². The first kappa shape index (κ1) is 18.8. The van der Waals surface area contributed by atoms with Crippen LogP contribution in [0.3, 0.4) is 0 Å². The van der Waals surface area contributed by atoms with Gasteiger partial charge in [0.05, 0.1) is 17.1 Å². The minimum atomic E-state index is -0.394. The molecule has 5 heteroatoms. The molecule has 30 heavy (non-hydrogen) atoms. The Labute approximate surface area is 179 Å². The van der Waals surface area contributed by atoms with E-state index in [-0.39, 0.29) is 0 Å². The zero-order valence-electron chi connectivity index (χ0n) is 16.7. The molecular weight excluding hydrogens is 398 g/mol. The number of fused-ring (bicyclic) bond motifs is 3. The van der Waals surface area contributed by atoms with Crippen molar-refractivity contribution in [1.82, 2.24) is 0 Å². The van der Waals surface area contributed by atoms with Crippen molar-refractivity contribution in [2.45, 2.75) is 20.4 Å². The second-order valence-electron chi connectivity index (χ2n) is 7.65. The van der Waals surface area contributed by atoms with E-state index in [2.05, 4.69) is 36.9 Å². The van der Waals surface area contributed by atoms with Crippen LogP contribution in [0.1, 0.15) is 16.7 Å². The van der Waals surface area contributed by atoms with Crippen LogP contribution in [0, 0.1) is 13.8 Å². The Balaban J connectivity index is 1.70. The Bertz CT molecular complexity index is 1330. The van der Waals surface area contributed by atoms with Gasteiger partial charge < -0.3 is 14.1 Å². The van der Waals surface area contributed by atoms with Crippen LogP contribution in [0.4, 0.5) is 5.69 Å². The number of rotatable bonds is 2. The highest BCUT2D eigenvalue weighted by Gasteiger charge is 2.26. The molecule has 0 aliphatic carbocycles. The molecule has 0 N–H and O–H groups in total. The standard InChI is InChI=1S/C25H20ClNO3/c1-15-8-9-22(16(2)10-15)27-13-20-24-19(11-21(26)25(20)29-14-27)18(12-23(28)30-24)17-6-4-3-5-7-17/h3-12H,13-14H2,1-2H3. The Morgan fingerprint density at radius 2 is 1.80 bits per heavy atom. The van der Waals surface area contributed by atoms with Crippen molar-refractivity contribution in [2.24, 2.45) is 0 Å². The van der Waals surface area contributed by atoms with Gasteiger partial charge in [-0.3, -0.25) is 0 Å². The third kappa shape index (κ3) is 3.14. The number of halogens is 1. The summed E-state index contributed by atoms with van der Waals surface area (Å²) >= 11 is 6.60. The molecule has 0 bridgehead atoms. The predicted molar refractivity (Wildman–Crippen MR) is 121 cm³/mol. The molecule has 4 nitrogen and oxygen atoms in total. The zero-order chi connectivity index (χ0) is 20.8. The van der Waals surface area contributed by atoms with Crippen molar-refractivity contribution in [3.8, 4) is 16.9 Å². The van der Waals surface area contributed by atoms with Crippen LogP contribution in [0.25, 0.3) is 22.1 Å². The Morgan fingerprint density at radius 3 is 2.57 bits per heavy atom. The molecule has 1 aromatic heterocycles. The molecule has 0 amide bonds. The van der Waals surface area contributed by atoms with Gasteiger partial charge in [0.1, 0.15) is 11.3 Å². The lowest BCUT2D eigenvalue weighted by molar-refractivity contribution is 0.289. The highest BCUT2D eigenvalue weighted by atomic mass is 35.5. The monoisotopic (exact) mass is 417 g/mol. The van der Waals surface area contributed by atoms with Gasteiger partial charge >= 0.3 is 5.63 Å². The minimum Gasteiger partial charge on any atom is -0.471 e. The van der Waals surface area contributed by atoms with Crippen LogP contribution < -0.4 is 15.3 Å². The minimum absolute atomic E-state index is 0.380. The average Bonchev–Trinajstić information content (AvgIpc) is 2.74. The average molecular weight is 418 g/mol. The lowest BCUT2D eigenvalue weighted by Crippen LogP contribution is -2.32. The lowest BCUT2D eigenvalue weighted by atomic mass is 9.99. The van der Waals surface area contributed by atoms with Crippen molar-refractivity contribution in [3.05, 3.63) is 92.8 Å². The molecule has 5 rings (SSSR count). The largest absolute Gasteiger partial charge is 0.471 e. The molecule has 3 aromatic carbocycles. The molecule has 0 unspecified atom stereocenters. The van der Waals surface area contributed by atoms with Crippen LogP contribution in [0.2, 0.25) is 5.02 Å². The predicted octanol–water partition coefficient (Wildman–Crippen LogP) is 6.09. The molecule has 150 valence electrons. The summed E-state index contributed by atoms with van der Waals surface area (Å²) in [6, 6.07) is 19.5. The van der Waals surface area contributed by atoms with E-state index in [0.717, 1.165) is 27.8 Å². The quantitative estimate of drug-likeness (QED) is 0.370. The molecule has 0 radical (unpaired) electrons. The third-order valence-corrected chi connectivity index (χ3v) is 5.81. The molecule has 0 fully saturated rings. The number of anilines is 1. The number of hydrogen-bond donors (Lipinski definition) is 0. The van der Waals surface area contributed by atoms with Crippen molar-refractivity contribution in [1.29, 1.82) is 0 Å². The van der Waals surface area contributed by atoms with Gasteiger partial charge in [-0.2, -0.15) is 0 Å². The fourth-order valence-electron chi connectivity index (χ4n) is 4.16. The first-order valence-electron chi connectivity index (χ1n) is 9.81. The summed E-state index contributed by atoms with van der Waals surface area (Å²) in [5, 5.41) is 1.32. The highest BCUT2D eigenvalue weighted by molar-refractivity contribution is 6.33. The van der Waals surface area contributed by atoms with Crippen LogP contribution in [-0.4, -0.2) is 6.73 Å². The molecule has 0 saturated carbocycles. The number of hydrogen-bond acceptors (Lipinski definition) is 4. The lowest BCUT2D eigenvalue weighted by Gasteiger charge is -2.32. The SMILES string of the molecule is Cc1ccc(N2COc3c(Cl)cc4c(-c5ccccc5)cc(=O)oc4c3C2)c(C)c1. The van der Waals surface area contributed by atoms with E-state index in [0.29, 0.717) is 29.6 Å². The first-order chi connectivity index (χ1) is 14.5. The summed E-state index contributed by atoms with van der Waals surface area (Å²) in [7, 11) is 0. The summed E-state index contributed by atoms with van der Waals surface area (Å²) in [5.74, 6) is 0.582. The fourth-order valence-corrected chi connectivity index (χ4v) is 4.44. The molecule has 0 atom stereocenters. The summed E-state index contributed by atoms with van der Waals surface area (Å²) in [5.41, 5.74) is 6.12. The van der Waals surface area contributed by atoms with Gasteiger partial charge in [0.15, 0.2) is 6.73 Å². The summed E-state index contributed by atoms with van der Waals surface area (Å²) < 4.78 is 11.7. The molecule has 0 saturated heterocycles. The van der Waals surface area contributed by atoms with Gasteiger partial charge in [0, 0.05) is 17.1 Å². The van der Waals surface area contributed by atoms with Gasteiger partial charge in [0.2, 0.25) is 0 Å². The van der Waals surface area contributed by atoms with E-state index in [1.165, 1.54) is 17.2 Å². The van der Waals surface area contributed by atoms with Gasteiger partial charge in [-0.05, 0) is 42.7 Å². The Hall–Kier alpha value is -3.24. The summed E-state index contributed by atoms with van der Waals surface area (Å²) in [6.07, 6.45) is 0. The molecule has 2 heterocycles. The Morgan fingerprint density at radius 1 is 1.00 bits per heavy atom. The molecule has 0 spiro atoms. The van der Waals surface area contributed by atoms with Crippen molar-refractivity contribution in [2.75, 3.05) is 11.6 Å². The second kappa shape index (κ2) is 7.22. The van der Waals surface area contributed by atoms with Crippen LogP contribution in [0.15, 0.2) is 69.9 Å². The number of nitrogens with zero attached hydrogens (tertiary/aromatic N) is 1. The number of aryl methyl sites for hydroxylation is 2. The summed E-state index contributed by atoms with van der Waals surface area (Å²) in [6.45, 7) is 5.08. The normalized spacial score (nSPS) is 13.2. The van der Waals surface area contributed by atoms with E-state index < -0.39 is 5.63 Å². The maximum absolute atomic E-state index is 12.4.